The molecule has 0 spiro atoms. The Morgan fingerprint density at radius 2 is 1.96 bits per heavy atom. The molecule has 0 fully saturated rings. The molecule has 0 bridgehead atoms. The second-order valence-corrected chi connectivity index (χ2v) is 6.54. The Bertz CT molecular complexity index is 904. The maximum absolute atomic E-state index is 13.4. The number of anilines is 1. The van der Waals surface area contributed by atoms with Crippen LogP contribution in [0.4, 0.5) is 10.1 Å². The monoisotopic (exact) mass is 367 g/mol. The van der Waals surface area contributed by atoms with Crippen LogP contribution in [0, 0.1) is 5.82 Å². The maximum Gasteiger partial charge on any atom is 0.220 e. The van der Waals surface area contributed by atoms with Crippen LogP contribution in [-0.4, -0.2) is 25.2 Å². The third kappa shape index (κ3) is 4.94. The Kier molecular flexibility index (Phi) is 5.86. The van der Waals surface area contributed by atoms with E-state index < -0.39 is 0 Å². The molecular formula is C21H22FN3O2. The number of carbonyl (C=O) groups is 1. The highest BCUT2D eigenvalue weighted by Gasteiger charge is 2.12. The lowest BCUT2D eigenvalue weighted by Crippen LogP contribution is -2.23. The Morgan fingerprint density at radius 1 is 1.19 bits per heavy atom. The van der Waals surface area contributed by atoms with E-state index in [9.17, 15) is 9.18 Å². The van der Waals surface area contributed by atoms with Crippen molar-refractivity contribution in [2.24, 2.45) is 0 Å². The molecule has 27 heavy (non-hydrogen) atoms. The number of aryl methyl sites for hydroxylation is 1. The van der Waals surface area contributed by atoms with Gasteiger partial charge in [0, 0.05) is 43.9 Å². The van der Waals surface area contributed by atoms with Crippen molar-refractivity contribution in [3.05, 3.63) is 71.7 Å². The van der Waals surface area contributed by atoms with E-state index in [0.29, 0.717) is 30.6 Å². The molecule has 1 amide bonds. The van der Waals surface area contributed by atoms with Crippen LogP contribution in [0.25, 0.3) is 11.3 Å². The van der Waals surface area contributed by atoms with E-state index >= 15 is 0 Å². The summed E-state index contributed by atoms with van der Waals surface area (Å²) >= 11 is 0. The highest BCUT2D eigenvalue weighted by atomic mass is 19.1. The molecule has 6 heteroatoms. The molecule has 5 nitrogen and oxygen atoms in total. The zero-order valence-corrected chi connectivity index (χ0v) is 15.4. The summed E-state index contributed by atoms with van der Waals surface area (Å²) in [6, 6.07) is 14.2. The minimum atomic E-state index is -0.334. The van der Waals surface area contributed by atoms with Gasteiger partial charge in [0.25, 0.3) is 0 Å². The van der Waals surface area contributed by atoms with Crippen LogP contribution in [0.5, 0.6) is 0 Å². The molecule has 0 saturated heterocycles. The molecule has 0 aliphatic heterocycles. The topological polar surface area (TPSA) is 58.4 Å². The van der Waals surface area contributed by atoms with Crippen molar-refractivity contribution in [3.8, 4) is 11.3 Å². The molecule has 0 radical (unpaired) electrons. The van der Waals surface area contributed by atoms with Gasteiger partial charge in [-0.15, -0.1) is 0 Å². The van der Waals surface area contributed by atoms with Gasteiger partial charge in [-0.1, -0.05) is 29.4 Å². The SMILES string of the molecule is CN(C)c1ccc(CNC(=O)CCc2conc2-c2cccc(F)c2)cc1. The van der Waals surface area contributed by atoms with Crippen molar-refractivity contribution in [2.45, 2.75) is 19.4 Å². The fourth-order valence-electron chi connectivity index (χ4n) is 2.76. The summed E-state index contributed by atoms with van der Waals surface area (Å²) < 4.78 is 18.4. The lowest BCUT2D eigenvalue weighted by molar-refractivity contribution is -0.121. The Hall–Kier alpha value is -3.15. The van der Waals surface area contributed by atoms with Crippen molar-refractivity contribution in [3.63, 3.8) is 0 Å². The van der Waals surface area contributed by atoms with Gasteiger partial charge in [0.05, 0.1) is 0 Å². The minimum absolute atomic E-state index is 0.0573. The number of hydrogen-bond acceptors (Lipinski definition) is 4. The third-order valence-electron chi connectivity index (χ3n) is 4.30. The Morgan fingerprint density at radius 3 is 2.67 bits per heavy atom. The summed E-state index contributed by atoms with van der Waals surface area (Å²) in [6.07, 6.45) is 2.29. The molecule has 0 aliphatic carbocycles. The first-order valence-electron chi connectivity index (χ1n) is 8.75. The number of nitrogens with one attached hydrogen (secondary N) is 1. The van der Waals surface area contributed by atoms with Crippen LogP contribution in [0.1, 0.15) is 17.5 Å². The molecule has 0 unspecified atom stereocenters. The molecule has 1 N–H and O–H groups in total. The molecule has 0 atom stereocenters. The first-order chi connectivity index (χ1) is 13.0. The second-order valence-electron chi connectivity index (χ2n) is 6.54. The zero-order chi connectivity index (χ0) is 19.2. The predicted molar refractivity (Wildman–Crippen MR) is 103 cm³/mol. The van der Waals surface area contributed by atoms with Crippen LogP contribution in [0.15, 0.2) is 59.3 Å². The fourth-order valence-corrected chi connectivity index (χ4v) is 2.76. The first kappa shape index (κ1) is 18.6. The van der Waals surface area contributed by atoms with E-state index in [1.807, 2.05) is 43.3 Å². The van der Waals surface area contributed by atoms with Gasteiger partial charge in [-0.05, 0) is 36.2 Å². The summed E-state index contributed by atoms with van der Waals surface area (Å²) in [7, 11) is 3.97. The molecule has 2 aromatic carbocycles. The van der Waals surface area contributed by atoms with Crippen molar-refractivity contribution < 1.29 is 13.7 Å². The van der Waals surface area contributed by atoms with E-state index in [-0.39, 0.29) is 11.7 Å². The van der Waals surface area contributed by atoms with Crippen molar-refractivity contribution in [2.75, 3.05) is 19.0 Å². The van der Waals surface area contributed by atoms with Crippen LogP contribution >= 0.6 is 0 Å². The number of nitrogens with zero attached hydrogens (tertiary/aromatic N) is 2. The van der Waals surface area contributed by atoms with Gasteiger partial charge < -0.3 is 14.7 Å². The van der Waals surface area contributed by atoms with Gasteiger partial charge in [0.15, 0.2) is 0 Å². The van der Waals surface area contributed by atoms with Crippen LogP contribution in [0.3, 0.4) is 0 Å². The lowest BCUT2D eigenvalue weighted by Gasteiger charge is -2.13. The summed E-state index contributed by atoms with van der Waals surface area (Å²) in [5, 5.41) is 6.86. The lowest BCUT2D eigenvalue weighted by atomic mass is 10.0. The van der Waals surface area contributed by atoms with Crippen molar-refractivity contribution >= 4 is 11.6 Å². The van der Waals surface area contributed by atoms with E-state index in [0.717, 1.165) is 16.8 Å². The third-order valence-corrected chi connectivity index (χ3v) is 4.30. The Balaban J connectivity index is 1.53. The van der Waals surface area contributed by atoms with Gasteiger partial charge in [-0.25, -0.2) is 4.39 Å². The first-order valence-corrected chi connectivity index (χ1v) is 8.75. The highest BCUT2D eigenvalue weighted by Crippen LogP contribution is 2.23. The molecular weight excluding hydrogens is 345 g/mol. The van der Waals surface area contributed by atoms with Gasteiger partial charge in [-0.3, -0.25) is 4.79 Å². The van der Waals surface area contributed by atoms with Gasteiger partial charge >= 0.3 is 0 Å². The van der Waals surface area contributed by atoms with E-state index in [1.165, 1.54) is 18.4 Å². The van der Waals surface area contributed by atoms with Crippen molar-refractivity contribution in [1.82, 2.24) is 10.5 Å². The number of carbonyl (C=O) groups excluding carboxylic acids is 1. The zero-order valence-electron chi connectivity index (χ0n) is 15.4. The normalized spacial score (nSPS) is 10.6. The van der Waals surface area contributed by atoms with Crippen LogP contribution in [-0.2, 0) is 17.8 Å². The minimum Gasteiger partial charge on any atom is -0.378 e. The number of aromatic nitrogens is 1. The van der Waals surface area contributed by atoms with E-state index in [4.69, 9.17) is 4.52 Å². The molecule has 3 aromatic rings. The largest absolute Gasteiger partial charge is 0.378 e. The van der Waals surface area contributed by atoms with Gasteiger partial charge in [0.1, 0.15) is 17.8 Å². The average molecular weight is 367 g/mol. The molecule has 0 aliphatic rings. The number of benzene rings is 2. The molecule has 1 aromatic heterocycles. The summed E-state index contributed by atoms with van der Waals surface area (Å²) in [5.41, 5.74) is 4.15. The quantitative estimate of drug-likeness (QED) is 0.690. The predicted octanol–water partition coefficient (Wildman–Crippen LogP) is 3.80. The van der Waals surface area contributed by atoms with Gasteiger partial charge in [0.2, 0.25) is 5.91 Å². The Labute approximate surface area is 157 Å². The maximum atomic E-state index is 13.4. The summed E-state index contributed by atoms with van der Waals surface area (Å²) in [6.45, 7) is 0.479. The van der Waals surface area contributed by atoms with Crippen LogP contribution < -0.4 is 10.2 Å². The average Bonchev–Trinajstić information content (AvgIpc) is 3.13. The van der Waals surface area contributed by atoms with E-state index in [1.54, 1.807) is 12.1 Å². The number of halogens is 1. The summed E-state index contributed by atoms with van der Waals surface area (Å²) in [5.74, 6) is -0.391. The number of hydrogen-bond donors (Lipinski definition) is 1. The number of rotatable bonds is 7. The summed E-state index contributed by atoms with van der Waals surface area (Å²) in [4.78, 5) is 14.2. The highest BCUT2D eigenvalue weighted by molar-refractivity contribution is 5.76. The second kappa shape index (κ2) is 8.49. The molecule has 3 rings (SSSR count). The molecule has 0 saturated carbocycles. The fraction of sp³-hybridized carbons (Fsp3) is 0.238. The number of amides is 1. The standard InChI is InChI=1S/C21H22FN3O2/c1-25(2)19-9-6-15(7-10-19)13-23-20(26)11-8-17-14-27-24-21(17)16-4-3-5-18(22)12-16/h3-7,9-10,12,14H,8,11,13H2,1-2H3,(H,23,26). The van der Waals surface area contributed by atoms with Crippen LogP contribution in [0.2, 0.25) is 0 Å². The molecule has 140 valence electrons. The molecule has 1 heterocycles. The van der Waals surface area contributed by atoms with E-state index in [2.05, 4.69) is 10.5 Å². The van der Waals surface area contributed by atoms with Crippen molar-refractivity contribution in [1.29, 1.82) is 0 Å². The van der Waals surface area contributed by atoms with Gasteiger partial charge in [-0.2, -0.15) is 0 Å². The smallest absolute Gasteiger partial charge is 0.220 e.